The van der Waals surface area contributed by atoms with Gasteiger partial charge in [-0.05, 0) is 49.4 Å². The first kappa shape index (κ1) is 21.6. The number of allylic oxidation sites excluding steroid dienone is 1. The van der Waals surface area contributed by atoms with Gasteiger partial charge in [-0.15, -0.1) is 0 Å². The number of rotatable bonds is 5. The first-order valence-electron chi connectivity index (χ1n) is 9.94. The number of carbonyl (C=O) groups excluding carboxylic acids is 1. The Bertz CT molecular complexity index is 1060. The molecule has 31 heavy (non-hydrogen) atoms. The highest BCUT2D eigenvalue weighted by Gasteiger charge is 2.39. The Labute approximate surface area is 194 Å². The molecule has 1 saturated heterocycles. The van der Waals surface area contributed by atoms with E-state index in [1.807, 2.05) is 49.4 Å². The molecular weight excluding hydrogens is 478 g/mol. The second-order valence-corrected chi connectivity index (χ2v) is 9.03. The number of methoxy groups -OCH3 is 1. The summed E-state index contributed by atoms with van der Waals surface area (Å²) in [6.07, 6.45) is 0.233. The average Bonchev–Trinajstić information content (AvgIpc) is 2.79. The van der Waals surface area contributed by atoms with E-state index in [1.54, 1.807) is 12.0 Å². The fourth-order valence-corrected chi connectivity index (χ4v) is 5.44. The summed E-state index contributed by atoms with van der Waals surface area (Å²) in [6.45, 7) is 2.99. The van der Waals surface area contributed by atoms with Gasteiger partial charge >= 0.3 is 0 Å². The van der Waals surface area contributed by atoms with Crippen LogP contribution in [0.1, 0.15) is 24.8 Å². The molecule has 160 valence electrons. The minimum atomic E-state index is -0.319. The maximum Gasteiger partial charge on any atom is 0.229 e. The van der Waals surface area contributed by atoms with Gasteiger partial charge in [0.05, 0.1) is 42.9 Å². The molecular formula is C23H22BrN3O3S. The summed E-state index contributed by atoms with van der Waals surface area (Å²) in [4.78, 5) is 17.0. The quantitative estimate of drug-likeness (QED) is 0.571. The Morgan fingerprint density at radius 2 is 2.03 bits per heavy atom. The van der Waals surface area contributed by atoms with Crippen molar-refractivity contribution in [2.24, 2.45) is 0 Å². The van der Waals surface area contributed by atoms with Crippen molar-refractivity contribution in [3.05, 3.63) is 63.1 Å². The first-order chi connectivity index (χ1) is 15.0. The van der Waals surface area contributed by atoms with Crippen LogP contribution in [-0.2, 0) is 4.79 Å². The van der Waals surface area contributed by atoms with Crippen molar-refractivity contribution in [3.8, 4) is 17.6 Å². The standard InChI is InChI=1S/C23H22BrN3O3S/c1-3-30-17-7-5-16(6-8-17)26-13-27-22(28)11-18(20(12-25)23(27)31-14-26)19-10-15(24)4-9-21(19)29-2/h4-10,18H,3,11,13-14H2,1-2H3/t18-/m0/s1. The van der Waals surface area contributed by atoms with Gasteiger partial charge in [-0.3, -0.25) is 9.69 Å². The SMILES string of the molecule is CCOc1ccc(N2CSC3=C(C#N)[C@H](c4cc(Br)ccc4OC)CC(=O)N3C2)cc1. The zero-order valence-corrected chi connectivity index (χ0v) is 19.7. The third-order valence-corrected chi connectivity index (χ3v) is 7.02. The molecule has 1 fully saturated rings. The highest BCUT2D eigenvalue weighted by Crippen LogP contribution is 2.45. The molecule has 8 heteroatoms. The predicted molar refractivity (Wildman–Crippen MR) is 125 cm³/mol. The van der Waals surface area contributed by atoms with Crippen molar-refractivity contribution in [1.29, 1.82) is 5.26 Å². The van der Waals surface area contributed by atoms with Crippen LogP contribution in [0.2, 0.25) is 0 Å². The third kappa shape index (κ3) is 4.25. The number of anilines is 1. The van der Waals surface area contributed by atoms with Crippen LogP contribution in [-0.4, -0.2) is 37.1 Å². The second kappa shape index (κ2) is 9.25. The van der Waals surface area contributed by atoms with E-state index in [9.17, 15) is 10.1 Å². The van der Waals surface area contributed by atoms with Gasteiger partial charge in [0.25, 0.3) is 0 Å². The zero-order valence-electron chi connectivity index (χ0n) is 17.3. The van der Waals surface area contributed by atoms with Crippen molar-refractivity contribution in [3.63, 3.8) is 0 Å². The van der Waals surface area contributed by atoms with Gasteiger partial charge in [0.15, 0.2) is 0 Å². The number of fused-ring (bicyclic) bond motifs is 1. The number of nitrogens with zero attached hydrogens (tertiary/aromatic N) is 3. The third-order valence-electron chi connectivity index (χ3n) is 5.37. The fourth-order valence-electron chi connectivity index (χ4n) is 3.89. The zero-order chi connectivity index (χ0) is 22.0. The van der Waals surface area contributed by atoms with E-state index in [4.69, 9.17) is 9.47 Å². The number of amides is 1. The maximum absolute atomic E-state index is 13.1. The Balaban J connectivity index is 1.64. The maximum atomic E-state index is 13.1. The Hall–Kier alpha value is -2.63. The average molecular weight is 500 g/mol. The normalized spacial score (nSPS) is 18.5. The topological polar surface area (TPSA) is 65.8 Å². The summed E-state index contributed by atoms with van der Waals surface area (Å²) in [7, 11) is 1.60. The Kier molecular flexibility index (Phi) is 6.44. The number of hydrogen-bond acceptors (Lipinski definition) is 6. The van der Waals surface area contributed by atoms with Crippen LogP contribution >= 0.6 is 27.7 Å². The molecule has 0 bridgehead atoms. The molecule has 0 spiro atoms. The van der Waals surface area contributed by atoms with Crippen LogP contribution in [0.5, 0.6) is 11.5 Å². The second-order valence-electron chi connectivity index (χ2n) is 7.18. The number of thioether (sulfide) groups is 1. The monoisotopic (exact) mass is 499 g/mol. The van der Waals surface area contributed by atoms with Gasteiger partial charge in [-0.2, -0.15) is 5.26 Å². The van der Waals surface area contributed by atoms with Gasteiger partial charge < -0.3 is 14.4 Å². The van der Waals surface area contributed by atoms with Crippen molar-refractivity contribution < 1.29 is 14.3 Å². The van der Waals surface area contributed by atoms with Gasteiger partial charge in [0, 0.05) is 28.1 Å². The molecule has 2 heterocycles. The summed E-state index contributed by atoms with van der Waals surface area (Å²) in [5, 5.41) is 10.7. The Morgan fingerprint density at radius 1 is 1.26 bits per heavy atom. The smallest absolute Gasteiger partial charge is 0.229 e. The molecule has 4 rings (SSSR count). The van der Waals surface area contributed by atoms with Crippen molar-refractivity contribution >= 4 is 39.3 Å². The first-order valence-corrected chi connectivity index (χ1v) is 11.7. The molecule has 2 aliphatic rings. The lowest BCUT2D eigenvalue weighted by atomic mass is 9.86. The molecule has 0 aromatic heterocycles. The molecule has 0 N–H and O–H groups in total. The molecule has 0 aliphatic carbocycles. The van der Waals surface area contributed by atoms with Gasteiger partial charge in [0.2, 0.25) is 5.91 Å². The molecule has 1 amide bonds. The van der Waals surface area contributed by atoms with Crippen LogP contribution in [0.25, 0.3) is 0 Å². The molecule has 6 nitrogen and oxygen atoms in total. The number of halogens is 1. The number of benzene rings is 2. The van der Waals surface area contributed by atoms with Crippen LogP contribution < -0.4 is 14.4 Å². The van der Waals surface area contributed by atoms with Gasteiger partial charge in [0.1, 0.15) is 11.5 Å². The van der Waals surface area contributed by atoms with Crippen LogP contribution in [0.15, 0.2) is 57.5 Å². The Morgan fingerprint density at radius 3 is 2.71 bits per heavy atom. The summed E-state index contributed by atoms with van der Waals surface area (Å²) in [5.74, 6) is 1.84. The van der Waals surface area contributed by atoms with Crippen LogP contribution in [0.4, 0.5) is 5.69 Å². The van der Waals surface area contributed by atoms with E-state index in [2.05, 4.69) is 26.9 Å². The van der Waals surface area contributed by atoms with E-state index in [0.29, 0.717) is 30.5 Å². The predicted octanol–water partition coefficient (Wildman–Crippen LogP) is 5.08. The minimum absolute atomic E-state index is 0.00386. The molecule has 2 aromatic carbocycles. The molecule has 0 radical (unpaired) electrons. The van der Waals surface area contributed by atoms with Crippen LogP contribution in [0.3, 0.4) is 0 Å². The number of hydrogen-bond donors (Lipinski definition) is 0. The summed E-state index contributed by atoms with van der Waals surface area (Å²) < 4.78 is 11.9. The number of ether oxygens (including phenoxy) is 2. The molecule has 2 aliphatic heterocycles. The molecule has 0 saturated carbocycles. The fraction of sp³-hybridized carbons (Fsp3) is 0.304. The summed E-state index contributed by atoms with van der Waals surface area (Å²) in [6, 6.07) is 15.9. The van der Waals surface area contributed by atoms with Crippen molar-refractivity contribution in [2.45, 2.75) is 19.3 Å². The van der Waals surface area contributed by atoms with E-state index < -0.39 is 0 Å². The van der Waals surface area contributed by atoms with Gasteiger partial charge in [-0.1, -0.05) is 27.7 Å². The summed E-state index contributed by atoms with van der Waals surface area (Å²) >= 11 is 5.02. The van der Waals surface area contributed by atoms with Gasteiger partial charge in [-0.25, -0.2) is 0 Å². The lowest BCUT2D eigenvalue weighted by Crippen LogP contribution is -2.47. The number of carbonyl (C=O) groups is 1. The highest BCUT2D eigenvalue weighted by atomic mass is 79.9. The van der Waals surface area contributed by atoms with E-state index in [0.717, 1.165) is 26.5 Å². The van der Waals surface area contributed by atoms with E-state index in [-0.39, 0.29) is 18.2 Å². The van der Waals surface area contributed by atoms with Crippen molar-refractivity contribution in [1.82, 2.24) is 4.90 Å². The lowest BCUT2D eigenvalue weighted by Gasteiger charge is -2.42. The molecule has 1 atom stereocenters. The largest absolute Gasteiger partial charge is 0.496 e. The van der Waals surface area contributed by atoms with E-state index in [1.165, 1.54) is 11.8 Å². The van der Waals surface area contributed by atoms with E-state index >= 15 is 0 Å². The highest BCUT2D eigenvalue weighted by molar-refractivity contribution is 9.10. The van der Waals surface area contributed by atoms with Crippen LogP contribution in [0, 0.1) is 11.3 Å². The summed E-state index contributed by atoms with van der Waals surface area (Å²) in [5.41, 5.74) is 2.48. The number of nitriles is 1. The lowest BCUT2D eigenvalue weighted by molar-refractivity contribution is -0.129. The molecule has 2 aromatic rings. The van der Waals surface area contributed by atoms with Crippen molar-refractivity contribution in [2.75, 3.05) is 31.2 Å². The minimum Gasteiger partial charge on any atom is -0.496 e. The molecule has 0 unspecified atom stereocenters.